The molecule has 0 aliphatic heterocycles. The molecular formula is C14H11Cl2O2S. The number of rotatable bonds is 3. The third kappa shape index (κ3) is 3.50. The SMILES string of the molecule is Cc1ccc(S(=O)(=O)[CH]c2ccc(Cl)c(Cl)c2)cc1. The van der Waals surface area contributed by atoms with Crippen LogP contribution in [0.3, 0.4) is 0 Å². The highest BCUT2D eigenvalue weighted by Crippen LogP contribution is 2.26. The predicted octanol–water partition coefficient (Wildman–Crippen LogP) is 4.29. The number of aryl methyl sites for hydroxylation is 1. The molecule has 2 aromatic carbocycles. The first-order valence-corrected chi connectivity index (χ1v) is 7.80. The van der Waals surface area contributed by atoms with E-state index in [9.17, 15) is 8.42 Å². The van der Waals surface area contributed by atoms with Crippen molar-refractivity contribution in [3.8, 4) is 0 Å². The molecule has 0 atom stereocenters. The largest absolute Gasteiger partial charge is 0.223 e. The summed E-state index contributed by atoms with van der Waals surface area (Å²) in [6.45, 7) is 1.90. The van der Waals surface area contributed by atoms with Gasteiger partial charge in [-0.25, -0.2) is 8.42 Å². The monoisotopic (exact) mass is 313 g/mol. The van der Waals surface area contributed by atoms with Gasteiger partial charge in [-0.3, -0.25) is 0 Å². The average Bonchev–Trinajstić information content (AvgIpc) is 2.34. The van der Waals surface area contributed by atoms with Crippen LogP contribution in [0.25, 0.3) is 0 Å². The van der Waals surface area contributed by atoms with E-state index in [2.05, 4.69) is 0 Å². The van der Waals surface area contributed by atoms with E-state index in [1.54, 1.807) is 36.4 Å². The van der Waals surface area contributed by atoms with E-state index >= 15 is 0 Å². The van der Waals surface area contributed by atoms with Crippen molar-refractivity contribution in [2.75, 3.05) is 0 Å². The first kappa shape index (κ1) is 14.4. The zero-order chi connectivity index (χ0) is 14.0. The van der Waals surface area contributed by atoms with Crippen LogP contribution in [0.4, 0.5) is 0 Å². The molecule has 0 spiro atoms. The van der Waals surface area contributed by atoms with Crippen LogP contribution in [-0.2, 0) is 9.84 Å². The molecule has 0 aliphatic rings. The van der Waals surface area contributed by atoms with Gasteiger partial charge in [0.15, 0.2) is 9.84 Å². The number of hydrogen-bond donors (Lipinski definition) is 0. The van der Waals surface area contributed by atoms with Crippen molar-refractivity contribution < 1.29 is 8.42 Å². The summed E-state index contributed by atoms with van der Waals surface area (Å²) in [5.74, 6) is 1.18. The highest BCUT2D eigenvalue weighted by molar-refractivity contribution is 7.93. The lowest BCUT2D eigenvalue weighted by Gasteiger charge is -2.05. The first-order valence-electron chi connectivity index (χ1n) is 5.50. The molecule has 0 aliphatic carbocycles. The molecule has 0 saturated heterocycles. The summed E-state index contributed by atoms with van der Waals surface area (Å²) in [5, 5.41) is 0.723. The Labute approximate surface area is 122 Å². The minimum atomic E-state index is -3.49. The Morgan fingerprint density at radius 3 is 2.16 bits per heavy atom. The van der Waals surface area contributed by atoms with Crippen LogP contribution < -0.4 is 0 Å². The zero-order valence-electron chi connectivity index (χ0n) is 10.1. The van der Waals surface area contributed by atoms with Crippen LogP contribution >= 0.6 is 23.2 Å². The molecule has 0 N–H and O–H groups in total. The van der Waals surface area contributed by atoms with Crippen molar-refractivity contribution in [2.45, 2.75) is 11.8 Å². The summed E-state index contributed by atoms with van der Waals surface area (Å²) < 4.78 is 24.4. The van der Waals surface area contributed by atoms with Gasteiger partial charge in [0.25, 0.3) is 0 Å². The van der Waals surface area contributed by atoms with Gasteiger partial charge in [0.1, 0.15) is 5.75 Å². The fraction of sp³-hybridized carbons (Fsp3) is 0.0714. The lowest BCUT2D eigenvalue weighted by atomic mass is 10.2. The second kappa shape index (κ2) is 5.53. The minimum Gasteiger partial charge on any atom is -0.223 e. The average molecular weight is 314 g/mol. The summed E-state index contributed by atoms with van der Waals surface area (Å²) in [7, 11) is -3.49. The summed E-state index contributed by atoms with van der Waals surface area (Å²) in [4.78, 5) is 0.254. The van der Waals surface area contributed by atoms with Crippen LogP contribution in [0.5, 0.6) is 0 Å². The van der Waals surface area contributed by atoms with Crippen LogP contribution in [0.2, 0.25) is 10.0 Å². The third-order valence-corrected chi connectivity index (χ3v) is 4.84. The zero-order valence-corrected chi connectivity index (χ0v) is 12.4. The molecule has 0 amide bonds. The first-order chi connectivity index (χ1) is 8.88. The highest BCUT2D eigenvalue weighted by Gasteiger charge is 2.16. The lowest BCUT2D eigenvalue weighted by molar-refractivity contribution is 0.602. The van der Waals surface area contributed by atoms with E-state index in [1.165, 1.54) is 11.8 Å². The fourth-order valence-corrected chi connectivity index (χ4v) is 3.02. The van der Waals surface area contributed by atoms with Gasteiger partial charge in [-0.05, 0) is 36.8 Å². The molecule has 0 saturated carbocycles. The van der Waals surface area contributed by atoms with Crippen molar-refractivity contribution >= 4 is 33.0 Å². The minimum absolute atomic E-state index is 0.254. The number of benzene rings is 2. The number of halogens is 2. The van der Waals surface area contributed by atoms with Gasteiger partial charge in [-0.1, -0.05) is 47.0 Å². The Bertz CT molecular complexity index is 692. The standard InChI is InChI=1S/C14H11Cl2O2S/c1-10-2-5-12(6-3-10)19(17,18)9-11-4-7-13(15)14(16)8-11/h2-9H,1H3. The van der Waals surface area contributed by atoms with Gasteiger partial charge in [0.05, 0.1) is 14.9 Å². The molecule has 2 nitrogen and oxygen atoms in total. The quantitative estimate of drug-likeness (QED) is 0.847. The normalized spacial score (nSPS) is 11.5. The van der Waals surface area contributed by atoms with Crippen molar-refractivity contribution in [2.24, 2.45) is 0 Å². The molecule has 1 radical (unpaired) electrons. The lowest BCUT2D eigenvalue weighted by Crippen LogP contribution is -2.02. The van der Waals surface area contributed by atoms with E-state index < -0.39 is 9.84 Å². The second-order valence-electron chi connectivity index (χ2n) is 4.15. The Hall–Kier alpha value is -1.03. The molecule has 99 valence electrons. The number of hydrogen-bond acceptors (Lipinski definition) is 2. The van der Waals surface area contributed by atoms with E-state index in [1.807, 2.05) is 6.92 Å². The van der Waals surface area contributed by atoms with Gasteiger partial charge in [0, 0.05) is 0 Å². The highest BCUT2D eigenvalue weighted by atomic mass is 35.5. The molecule has 2 aromatic rings. The summed E-state index contributed by atoms with van der Waals surface area (Å²) in [5.41, 5.74) is 1.50. The van der Waals surface area contributed by atoms with E-state index in [4.69, 9.17) is 23.2 Å². The van der Waals surface area contributed by atoms with E-state index in [0.29, 0.717) is 15.6 Å². The molecule has 19 heavy (non-hydrogen) atoms. The van der Waals surface area contributed by atoms with Crippen LogP contribution in [0.1, 0.15) is 11.1 Å². The Kier molecular flexibility index (Phi) is 4.19. The van der Waals surface area contributed by atoms with Gasteiger partial charge < -0.3 is 0 Å². The summed E-state index contributed by atoms with van der Waals surface area (Å²) in [6, 6.07) is 11.4. The van der Waals surface area contributed by atoms with Crippen molar-refractivity contribution in [3.05, 3.63) is 69.4 Å². The second-order valence-corrected chi connectivity index (χ2v) is 6.76. The maximum atomic E-state index is 12.2. The Morgan fingerprint density at radius 2 is 1.58 bits per heavy atom. The molecule has 5 heteroatoms. The Balaban J connectivity index is 2.30. The van der Waals surface area contributed by atoms with Gasteiger partial charge in [-0.2, -0.15) is 0 Å². The third-order valence-electron chi connectivity index (χ3n) is 2.58. The molecular weight excluding hydrogens is 303 g/mol. The van der Waals surface area contributed by atoms with Crippen LogP contribution in [0.15, 0.2) is 47.4 Å². The smallest absolute Gasteiger partial charge is 0.187 e. The van der Waals surface area contributed by atoms with Crippen LogP contribution in [-0.4, -0.2) is 8.42 Å². The van der Waals surface area contributed by atoms with Crippen molar-refractivity contribution in [1.29, 1.82) is 0 Å². The van der Waals surface area contributed by atoms with Crippen LogP contribution in [0, 0.1) is 12.7 Å². The molecule has 0 unspecified atom stereocenters. The van der Waals surface area contributed by atoms with Crippen molar-refractivity contribution in [3.63, 3.8) is 0 Å². The fourth-order valence-electron chi connectivity index (χ4n) is 1.56. The van der Waals surface area contributed by atoms with Gasteiger partial charge >= 0.3 is 0 Å². The van der Waals surface area contributed by atoms with E-state index in [0.717, 1.165) is 5.56 Å². The van der Waals surface area contributed by atoms with Crippen molar-refractivity contribution in [1.82, 2.24) is 0 Å². The molecule has 0 bridgehead atoms. The summed E-state index contributed by atoms with van der Waals surface area (Å²) in [6.07, 6.45) is 0. The maximum Gasteiger partial charge on any atom is 0.187 e. The predicted molar refractivity (Wildman–Crippen MR) is 78.2 cm³/mol. The molecule has 0 heterocycles. The molecule has 0 fully saturated rings. The van der Waals surface area contributed by atoms with Gasteiger partial charge in [-0.15, -0.1) is 0 Å². The maximum absolute atomic E-state index is 12.2. The summed E-state index contributed by atoms with van der Waals surface area (Å²) >= 11 is 11.7. The topological polar surface area (TPSA) is 34.1 Å². The van der Waals surface area contributed by atoms with E-state index in [-0.39, 0.29) is 4.90 Å². The Morgan fingerprint density at radius 1 is 0.947 bits per heavy atom. The molecule has 2 rings (SSSR count). The number of sulfone groups is 1. The van der Waals surface area contributed by atoms with Gasteiger partial charge in [0.2, 0.25) is 0 Å². The molecule has 0 aromatic heterocycles.